The second-order valence-electron chi connectivity index (χ2n) is 8.88. The van der Waals surface area contributed by atoms with E-state index in [1.165, 1.54) is 16.5 Å². The average Bonchev–Trinajstić information content (AvgIpc) is 3.62. The number of methoxy groups -OCH3 is 1. The summed E-state index contributed by atoms with van der Waals surface area (Å²) in [5.41, 5.74) is 11.3. The molecule has 3 aromatic carbocycles. The van der Waals surface area contributed by atoms with Crippen LogP contribution in [0.15, 0.2) is 80.9 Å². The highest BCUT2D eigenvalue weighted by atomic mass is 79.9. The third-order valence-electron chi connectivity index (χ3n) is 5.93. The summed E-state index contributed by atoms with van der Waals surface area (Å²) in [6, 6.07) is 20.6. The number of para-hydroxylation sites is 1. The molecule has 0 radical (unpaired) electrons. The van der Waals surface area contributed by atoms with Crippen molar-refractivity contribution in [1.29, 1.82) is 0 Å². The number of anilines is 1. The van der Waals surface area contributed by atoms with Crippen LogP contribution in [0.5, 0.6) is 17.2 Å². The van der Waals surface area contributed by atoms with Gasteiger partial charge in [-0.1, -0.05) is 53.2 Å². The lowest BCUT2D eigenvalue weighted by Gasteiger charge is -2.13. The molecular weight excluding hydrogens is 608 g/mol. The number of benzene rings is 3. The Kier molecular flexibility index (Phi) is 8.72. The van der Waals surface area contributed by atoms with Crippen molar-refractivity contribution >= 4 is 33.9 Å². The molecule has 0 aliphatic rings. The molecule has 1 amide bonds. The number of halogens is 1. The maximum Gasteiger partial charge on any atom is 0.293 e. The van der Waals surface area contributed by atoms with E-state index in [4.69, 9.17) is 19.9 Å². The highest BCUT2D eigenvalue weighted by molar-refractivity contribution is 9.10. The summed E-state index contributed by atoms with van der Waals surface area (Å²) in [4.78, 5) is 13.1. The highest BCUT2D eigenvalue weighted by Crippen LogP contribution is 2.37. The number of amides is 1. The molecular formula is C28H25BrN8O5. The number of aromatic nitrogens is 5. The fourth-order valence-electron chi connectivity index (χ4n) is 3.80. The van der Waals surface area contributed by atoms with Gasteiger partial charge in [0.05, 0.1) is 17.8 Å². The predicted octanol–water partition coefficient (Wildman–Crippen LogP) is 4.23. The standard InChI is InChI=1S/C28H25BrN8O5/c1-17-8-10-18(11-9-17)15-41-25-21(29)12-19(13-23(25)39-2)14-31-33-28(38)24-22(16-40-20-6-4-3-5-7-20)37(36-32-24)27-26(30)34-42-35-27/h3-14H,15-16H2,1-2H3,(H2,30,34)(H,33,38). The molecule has 0 bridgehead atoms. The fourth-order valence-corrected chi connectivity index (χ4v) is 4.37. The Morgan fingerprint density at radius 2 is 1.88 bits per heavy atom. The van der Waals surface area contributed by atoms with Crippen molar-refractivity contribution in [3.8, 4) is 23.1 Å². The molecule has 0 atom stereocenters. The number of hydrazone groups is 1. The highest BCUT2D eigenvalue weighted by Gasteiger charge is 2.24. The van der Waals surface area contributed by atoms with E-state index in [-0.39, 0.29) is 29.6 Å². The smallest absolute Gasteiger partial charge is 0.293 e. The molecule has 214 valence electrons. The topological polar surface area (TPSA) is 165 Å². The molecule has 0 fully saturated rings. The van der Waals surface area contributed by atoms with Gasteiger partial charge in [-0.3, -0.25) is 4.79 Å². The zero-order valence-corrected chi connectivity index (χ0v) is 24.1. The number of nitrogens with two attached hydrogens (primary N) is 1. The van der Waals surface area contributed by atoms with Gasteiger partial charge in [-0.05, 0) is 68.6 Å². The number of nitrogens with zero attached hydrogens (tertiary/aromatic N) is 6. The van der Waals surface area contributed by atoms with Gasteiger partial charge in [0.2, 0.25) is 11.6 Å². The first-order valence-corrected chi connectivity index (χ1v) is 13.3. The summed E-state index contributed by atoms with van der Waals surface area (Å²) in [6.45, 7) is 2.32. The summed E-state index contributed by atoms with van der Waals surface area (Å²) in [5.74, 6) is 1.01. The van der Waals surface area contributed by atoms with Gasteiger partial charge in [-0.2, -0.15) is 9.78 Å². The van der Waals surface area contributed by atoms with E-state index in [1.54, 1.807) is 31.4 Å². The Balaban J connectivity index is 1.31. The number of nitrogen functional groups attached to an aromatic ring is 1. The quantitative estimate of drug-likeness (QED) is 0.159. The molecule has 5 aromatic rings. The summed E-state index contributed by atoms with van der Waals surface area (Å²) in [7, 11) is 1.54. The van der Waals surface area contributed by atoms with Crippen molar-refractivity contribution in [3.63, 3.8) is 0 Å². The Morgan fingerprint density at radius 1 is 1.10 bits per heavy atom. The van der Waals surface area contributed by atoms with Gasteiger partial charge in [-0.15, -0.1) is 5.10 Å². The molecule has 0 aliphatic heterocycles. The van der Waals surface area contributed by atoms with Crippen molar-refractivity contribution in [3.05, 3.63) is 99.3 Å². The van der Waals surface area contributed by atoms with E-state index in [1.807, 2.05) is 49.4 Å². The number of nitrogens with one attached hydrogen (secondary N) is 1. The van der Waals surface area contributed by atoms with Crippen molar-refractivity contribution in [1.82, 2.24) is 30.7 Å². The number of ether oxygens (including phenoxy) is 3. The van der Waals surface area contributed by atoms with Crippen LogP contribution in [0.1, 0.15) is 32.9 Å². The second-order valence-corrected chi connectivity index (χ2v) is 9.73. The third-order valence-corrected chi connectivity index (χ3v) is 6.52. The molecule has 0 saturated carbocycles. The first-order chi connectivity index (χ1) is 20.4. The maximum atomic E-state index is 13.1. The van der Waals surface area contributed by atoms with Crippen molar-refractivity contribution in [2.75, 3.05) is 12.8 Å². The molecule has 0 aliphatic carbocycles. The van der Waals surface area contributed by atoms with Crippen LogP contribution >= 0.6 is 15.9 Å². The molecule has 3 N–H and O–H groups in total. The Morgan fingerprint density at radius 3 is 2.60 bits per heavy atom. The summed E-state index contributed by atoms with van der Waals surface area (Å²) < 4.78 is 23.9. The van der Waals surface area contributed by atoms with Gasteiger partial charge >= 0.3 is 0 Å². The lowest BCUT2D eigenvalue weighted by atomic mass is 10.2. The normalized spacial score (nSPS) is 11.0. The van der Waals surface area contributed by atoms with E-state index in [0.29, 0.717) is 33.9 Å². The number of rotatable bonds is 11. The largest absolute Gasteiger partial charge is 0.493 e. The Hall–Kier alpha value is -5.24. The van der Waals surface area contributed by atoms with E-state index < -0.39 is 5.91 Å². The molecule has 0 unspecified atom stereocenters. The lowest BCUT2D eigenvalue weighted by Crippen LogP contribution is -2.21. The number of carbonyl (C=O) groups is 1. The first-order valence-electron chi connectivity index (χ1n) is 12.5. The van der Waals surface area contributed by atoms with Crippen LogP contribution in [0, 0.1) is 6.92 Å². The molecule has 0 spiro atoms. The zero-order chi connectivity index (χ0) is 29.5. The molecule has 13 nitrogen and oxygen atoms in total. The molecule has 2 aromatic heterocycles. The van der Waals surface area contributed by atoms with E-state index in [0.717, 1.165) is 5.56 Å². The maximum absolute atomic E-state index is 13.1. The molecule has 0 saturated heterocycles. The van der Waals surface area contributed by atoms with Gasteiger partial charge in [0.15, 0.2) is 17.2 Å². The number of hydrogen-bond donors (Lipinski definition) is 2. The van der Waals surface area contributed by atoms with Crippen LogP contribution < -0.4 is 25.4 Å². The van der Waals surface area contributed by atoms with E-state index >= 15 is 0 Å². The van der Waals surface area contributed by atoms with Crippen molar-refractivity contribution < 1.29 is 23.6 Å². The van der Waals surface area contributed by atoms with Gasteiger partial charge in [0.25, 0.3) is 5.91 Å². The number of hydrogen-bond acceptors (Lipinski definition) is 11. The summed E-state index contributed by atoms with van der Waals surface area (Å²) in [6.07, 6.45) is 1.46. The fraction of sp³-hybridized carbons (Fsp3) is 0.143. The molecule has 14 heteroatoms. The summed E-state index contributed by atoms with van der Waals surface area (Å²) >= 11 is 3.54. The minimum absolute atomic E-state index is 0.0309. The minimum atomic E-state index is -0.636. The van der Waals surface area contributed by atoms with Gasteiger partial charge in [-0.25, -0.2) is 10.1 Å². The van der Waals surface area contributed by atoms with Gasteiger partial charge in [0, 0.05) is 0 Å². The Labute approximate surface area is 248 Å². The minimum Gasteiger partial charge on any atom is -0.493 e. The summed E-state index contributed by atoms with van der Waals surface area (Å²) in [5, 5.41) is 19.4. The average molecular weight is 633 g/mol. The van der Waals surface area contributed by atoms with Crippen molar-refractivity contribution in [2.45, 2.75) is 20.1 Å². The first kappa shape index (κ1) is 28.3. The monoisotopic (exact) mass is 632 g/mol. The van der Waals surface area contributed by atoms with Crippen LogP contribution in [0.2, 0.25) is 0 Å². The van der Waals surface area contributed by atoms with Crippen LogP contribution in [0.3, 0.4) is 0 Å². The van der Waals surface area contributed by atoms with Crippen LogP contribution in [0.25, 0.3) is 5.82 Å². The Bertz CT molecular complexity index is 1700. The van der Waals surface area contributed by atoms with Crippen LogP contribution in [-0.4, -0.2) is 44.5 Å². The van der Waals surface area contributed by atoms with E-state index in [2.05, 4.69) is 51.7 Å². The lowest BCUT2D eigenvalue weighted by molar-refractivity contribution is 0.0947. The second kappa shape index (κ2) is 13.0. The molecule has 2 heterocycles. The molecule has 5 rings (SSSR count). The van der Waals surface area contributed by atoms with Gasteiger partial charge < -0.3 is 19.9 Å². The zero-order valence-electron chi connectivity index (χ0n) is 22.5. The molecule has 42 heavy (non-hydrogen) atoms. The SMILES string of the molecule is COc1cc(C=NNC(=O)c2nnn(-c3nonc3N)c2COc2ccccc2)cc(Br)c1OCc1ccc(C)cc1. The number of carbonyl (C=O) groups excluding carboxylic acids is 1. The predicted molar refractivity (Wildman–Crippen MR) is 156 cm³/mol. The number of aryl methyl sites for hydroxylation is 1. The van der Waals surface area contributed by atoms with E-state index in [9.17, 15) is 4.79 Å². The van der Waals surface area contributed by atoms with Crippen LogP contribution in [-0.2, 0) is 13.2 Å². The van der Waals surface area contributed by atoms with Crippen molar-refractivity contribution in [2.24, 2.45) is 5.10 Å². The van der Waals surface area contributed by atoms with Crippen LogP contribution in [0.4, 0.5) is 5.82 Å². The third kappa shape index (κ3) is 6.55. The van der Waals surface area contributed by atoms with Gasteiger partial charge in [0.1, 0.15) is 24.7 Å².